The van der Waals surface area contributed by atoms with Crippen LogP contribution in [0.3, 0.4) is 0 Å². The zero-order valence-electron chi connectivity index (χ0n) is 23.6. The Labute approximate surface area is 249 Å². The molecule has 1 aliphatic rings. The molecule has 2 aromatic carbocycles. The van der Waals surface area contributed by atoms with Crippen molar-refractivity contribution in [3.05, 3.63) is 48.0 Å². The van der Waals surface area contributed by atoms with Crippen LogP contribution in [-0.2, 0) is 30.1 Å². The lowest BCUT2D eigenvalue weighted by Crippen LogP contribution is -2.60. The molecule has 3 rings (SSSR count). The number of benzene rings is 2. The molecule has 3 unspecified atom stereocenters. The molecule has 0 spiro atoms. The first-order valence-electron chi connectivity index (χ1n) is 13.9. The summed E-state index contributed by atoms with van der Waals surface area (Å²) in [5.41, 5.74) is 5.92. The van der Waals surface area contributed by atoms with Gasteiger partial charge in [-0.25, -0.2) is 4.79 Å². The number of primary amides is 1. The molecular weight excluding hydrogens is 583 g/mol. The molecule has 1 saturated heterocycles. The molecule has 0 bridgehead atoms. The standard InChI is InChI=1S/C28H39N4O8PS/c1-2-3-14-40-28(36)31-23(17-42-18-41(37,38)39)27(35)32-13-7-6-10-24(32)26(34)30-22(25(29)33)16-19-11-12-20-8-4-5-9-21(20)15-19/h4-5,8-9,11-12,15,22-24H,2-3,6-7,10,13-14,16-18H2,1H3,(H2,29,33)(H,30,34)(H,31,36)(H2,37,38,39). The molecule has 0 aliphatic carbocycles. The maximum atomic E-state index is 13.6. The van der Waals surface area contributed by atoms with E-state index in [-0.39, 0.29) is 25.3 Å². The van der Waals surface area contributed by atoms with E-state index in [0.717, 1.165) is 34.5 Å². The Kier molecular flexibility index (Phi) is 12.7. The summed E-state index contributed by atoms with van der Waals surface area (Å²) >= 11 is 0.814. The second-order valence-corrected chi connectivity index (χ2v) is 13.3. The number of carbonyl (C=O) groups excluding carboxylic acids is 4. The van der Waals surface area contributed by atoms with Gasteiger partial charge >= 0.3 is 13.7 Å². The van der Waals surface area contributed by atoms with Crippen LogP contribution in [0.4, 0.5) is 4.79 Å². The lowest BCUT2D eigenvalue weighted by Gasteiger charge is -2.37. The van der Waals surface area contributed by atoms with Gasteiger partial charge in [0.25, 0.3) is 0 Å². The molecule has 2 aromatic rings. The van der Waals surface area contributed by atoms with Crippen LogP contribution in [-0.4, -0.2) is 81.0 Å². The van der Waals surface area contributed by atoms with Crippen molar-refractivity contribution in [1.29, 1.82) is 0 Å². The van der Waals surface area contributed by atoms with Crippen molar-refractivity contribution >= 4 is 53.9 Å². The number of hydrogen-bond donors (Lipinski definition) is 5. The molecule has 12 nitrogen and oxygen atoms in total. The van der Waals surface area contributed by atoms with Gasteiger partial charge in [-0.1, -0.05) is 55.8 Å². The fourth-order valence-electron chi connectivity index (χ4n) is 4.72. The van der Waals surface area contributed by atoms with Crippen LogP contribution in [0.25, 0.3) is 10.8 Å². The normalized spacial score (nSPS) is 16.8. The number of amides is 4. The number of hydrogen-bond acceptors (Lipinski definition) is 7. The monoisotopic (exact) mass is 622 g/mol. The fraction of sp³-hybridized carbons (Fsp3) is 0.500. The summed E-state index contributed by atoms with van der Waals surface area (Å²) in [5, 5.41) is 7.23. The van der Waals surface area contributed by atoms with Gasteiger partial charge in [0.15, 0.2) is 0 Å². The third kappa shape index (κ3) is 10.3. The highest BCUT2D eigenvalue weighted by atomic mass is 32.2. The van der Waals surface area contributed by atoms with Gasteiger partial charge in [0.05, 0.1) is 12.1 Å². The molecule has 6 N–H and O–H groups in total. The number of alkyl carbamates (subject to hydrolysis) is 1. The first kappa shape index (κ1) is 33.4. The Morgan fingerprint density at radius 1 is 1.10 bits per heavy atom. The van der Waals surface area contributed by atoms with Crippen LogP contribution in [0.1, 0.15) is 44.6 Å². The predicted molar refractivity (Wildman–Crippen MR) is 161 cm³/mol. The number of fused-ring (bicyclic) bond motifs is 1. The zero-order valence-corrected chi connectivity index (χ0v) is 25.3. The van der Waals surface area contributed by atoms with Crippen LogP contribution in [0.15, 0.2) is 42.5 Å². The van der Waals surface area contributed by atoms with Crippen LogP contribution in [0.5, 0.6) is 0 Å². The zero-order chi connectivity index (χ0) is 30.7. The van der Waals surface area contributed by atoms with Gasteiger partial charge in [0.2, 0.25) is 17.7 Å². The van der Waals surface area contributed by atoms with Gasteiger partial charge in [0, 0.05) is 18.7 Å². The van der Waals surface area contributed by atoms with Crippen molar-refractivity contribution in [1.82, 2.24) is 15.5 Å². The van der Waals surface area contributed by atoms with E-state index in [1.807, 2.05) is 49.4 Å². The minimum Gasteiger partial charge on any atom is -0.450 e. The molecule has 42 heavy (non-hydrogen) atoms. The molecular formula is C28H39N4O8PS. The first-order valence-corrected chi connectivity index (χ1v) is 16.9. The SMILES string of the molecule is CCCCOC(=O)NC(CSCP(=O)(O)O)C(=O)N1CCCCC1C(=O)NC(Cc1ccc2ccccc2c1)C(N)=O. The summed E-state index contributed by atoms with van der Waals surface area (Å²) in [6, 6.07) is 10.4. The highest BCUT2D eigenvalue weighted by Gasteiger charge is 2.37. The van der Waals surface area contributed by atoms with Gasteiger partial charge in [0.1, 0.15) is 18.1 Å². The van der Waals surface area contributed by atoms with E-state index >= 15 is 0 Å². The second-order valence-electron chi connectivity index (χ2n) is 10.2. The van der Waals surface area contributed by atoms with Crippen LogP contribution in [0, 0.1) is 0 Å². The molecule has 3 atom stereocenters. The molecule has 0 aromatic heterocycles. The Morgan fingerprint density at radius 2 is 1.83 bits per heavy atom. The quantitative estimate of drug-likeness (QED) is 0.156. The van der Waals surface area contributed by atoms with Crippen molar-refractivity contribution in [3.63, 3.8) is 0 Å². The van der Waals surface area contributed by atoms with Crippen molar-refractivity contribution in [2.24, 2.45) is 5.73 Å². The number of nitrogens with one attached hydrogen (secondary N) is 2. The summed E-state index contributed by atoms with van der Waals surface area (Å²) in [5.74, 6) is -1.97. The third-order valence-electron chi connectivity index (χ3n) is 6.87. The number of ether oxygens (including phenoxy) is 1. The van der Waals surface area contributed by atoms with E-state index in [1.54, 1.807) is 0 Å². The Morgan fingerprint density at radius 3 is 2.52 bits per heavy atom. The average molecular weight is 623 g/mol. The van der Waals surface area contributed by atoms with Crippen molar-refractivity contribution < 1.29 is 38.3 Å². The highest BCUT2D eigenvalue weighted by Crippen LogP contribution is 2.38. The summed E-state index contributed by atoms with van der Waals surface area (Å²) in [6.45, 7) is 2.31. The molecule has 1 heterocycles. The van der Waals surface area contributed by atoms with E-state index in [2.05, 4.69) is 10.6 Å². The van der Waals surface area contributed by atoms with Gasteiger partial charge in [-0.15, -0.1) is 11.8 Å². The maximum Gasteiger partial charge on any atom is 0.407 e. The van der Waals surface area contributed by atoms with Crippen molar-refractivity contribution in [2.45, 2.75) is 63.6 Å². The Hall–Kier alpha value is -3.12. The van der Waals surface area contributed by atoms with E-state index < -0.39 is 55.0 Å². The van der Waals surface area contributed by atoms with Crippen molar-refractivity contribution in [2.75, 3.05) is 24.4 Å². The lowest BCUT2D eigenvalue weighted by atomic mass is 9.98. The summed E-state index contributed by atoms with van der Waals surface area (Å²) in [6.07, 6.45) is 2.38. The highest BCUT2D eigenvalue weighted by molar-refractivity contribution is 8.04. The predicted octanol–water partition coefficient (Wildman–Crippen LogP) is 2.50. The van der Waals surface area contributed by atoms with E-state index in [0.29, 0.717) is 25.7 Å². The van der Waals surface area contributed by atoms with Gasteiger partial charge in [-0.2, -0.15) is 0 Å². The summed E-state index contributed by atoms with van der Waals surface area (Å²) < 4.78 is 16.5. The van der Waals surface area contributed by atoms with E-state index in [4.69, 9.17) is 10.5 Å². The number of thioether (sulfide) groups is 1. The minimum atomic E-state index is -4.35. The number of rotatable bonds is 14. The average Bonchev–Trinajstić information content (AvgIpc) is 2.95. The fourth-order valence-corrected chi connectivity index (χ4v) is 6.55. The molecule has 14 heteroatoms. The topological polar surface area (TPSA) is 188 Å². The number of nitrogens with zero attached hydrogens (tertiary/aromatic N) is 1. The first-order chi connectivity index (χ1) is 20.0. The maximum absolute atomic E-state index is 13.6. The van der Waals surface area contributed by atoms with E-state index in [9.17, 15) is 33.5 Å². The summed E-state index contributed by atoms with van der Waals surface area (Å²) in [4.78, 5) is 71.6. The second kappa shape index (κ2) is 15.9. The minimum absolute atomic E-state index is 0.135. The number of likely N-dealkylation sites (tertiary alicyclic amines) is 1. The largest absolute Gasteiger partial charge is 0.450 e. The van der Waals surface area contributed by atoms with Gasteiger partial charge in [-0.3, -0.25) is 18.9 Å². The Bertz CT molecular complexity index is 1310. The number of piperidine rings is 1. The van der Waals surface area contributed by atoms with Crippen LogP contribution in [0.2, 0.25) is 0 Å². The lowest BCUT2D eigenvalue weighted by molar-refractivity contribution is -0.144. The molecule has 1 aliphatic heterocycles. The van der Waals surface area contributed by atoms with Crippen LogP contribution >= 0.6 is 19.4 Å². The molecule has 4 amide bonds. The third-order valence-corrected chi connectivity index (χ3v) is 9.51. The number of nitrogens with two attached hydrogens (primary N) is 1. The number of unbranched alkanes of at least 4 members (excludes halogenated alkanes) is 1. The van der Waals surface area contributed by atoms with Gasteiger partial charge < -0.3 is 35.8 Å². The Balaban J connectivity index is 1.73. The van der Waals surface area contributed by atoms with Crippen LogP contribution < -0.4 is 16.4 Å². The van der Waals surface area contributed by atoms with E-state index in [1.165, 1.54) is 4.90 Å². The molecule has 0 radical (unpaired) electrons. The number of carbonyl (C=O) groups is 4. The molecule has 230 valence electrons. The van der Waals surface area contributed by atoms with Crippen molar-refractivity contribution in [3.8, 4) is 0 Å². The summed E-state index contributed by atoms with van der Waals surface area (Å²) in [7, 11) is -4.35. The molecule has 1 fully saturated rings. The molecule has 0 saturated carbocycles. The smallest absolute Gasteiger partial charge is 0.407 e. The van der Waals surface area contributed by atoms with Gasteiger partial charge in [-0.05, 0) is 42.0 Å².